The molecule has 19 heavy (non-hydrogen) atoms. The summed E-state index contributed by atoms with van der Waals surface area (Å²) in [7, 11) is 0. The van der Waals surface area contributed by atoms with Gasteiger partial charge in [-0.3, -0.25) is 4.79 Å². The summed E-state index contributed by atoms with van der Waals surface area (Å²) < 4.78 is 0. The van der Waals surface area contributed by atoms with Gasteiger partial charge in [-0.1, -0.05) is 37.8 Å². The van der Waals surface area contributed by atoms with Crippen LogP contribution in [0, 0.1) is 11.8 Å². The molecule has 2 rings (SSSR count). The smallest absolute Gasteiger partial charge is 0.234 e. The average Bonchev–Trinajstić information content (AvgIpc) is 2.35. The molecular weight excluding hydrogens is 236 g/mol. The number of amides is 1. The lowest BCUT2D eigenvalue weighted by molar-refractivity contribution is -0.121. The minimum Gasteiger partial charge on any atom is -0.368 e. The second-order valence-electron chi connectivity index (χ2n) is 6.57. The number of hydrogen-bond donors (Lipinski definition) is 2. The van der Waals surface area contributed by atoms with Gasteiger partial charge in [-0.15, -0.1) is 0 Å². The topological polar surface area (TPSA) is 55.1 Å². The highest BCUT2D eigenvalue weighted by molar-refractivity contribution is 5.80. The van der Waals surface area contributed by atoms with Crippen LogP contribution in [-0.4, -0.2) is 18.0 Å². The third-order valence-corrected chi connectivity index (χ3v) is 4.63. The zero-order valence-electron chi connectivity index (χ0n) is 12.3. The van der Waals surface area contributed by atoms with Crippen LogP contribution < -0.4 is 11.1 Å². The highest BCUT2D eigenvalue weighted by Gasteiger charge is 2.31. The highest BCUT2D eigenvalue weighted by atomic mass is 16.1. The molecule has 1 amide bonds. The van der Waals surface area contributed by atoms with E-state index in [1.807, 2.05) is 0 Å². The number of nitrogens with two attached hydrogens (primary N) is 1. The molecule has 2 aliphatic rings. The fourth-order valence-corrected chi connectivity index (χ4v) is 3.82. The highest BCUT2D eigenvalue weighted by Crippen LogP contribution is 2.31. The maximum atomic E-state index is 11.8. The summed E-state index contributed by atoms with van der Waals surface area (Å²) in [6.07, 6.45) is 10.7. The molecule has 0 aliphatic heterocycles. The Kier molecular flexibility index (Phi) is 5.03. The van der Waals surface area contributed by atoms with Gasteiger partial charge in [0, 0.05) is 6.04 Å². The first kappa shape index (κ1) is 14.6. The van der Waals surface area contributed by atoms with Gasteiger partial charge in [-0.05, 0) is 44.4 Å². The van der Waals surface area contributed by atoms with Crippen molar-refractivity contribution >= 4 is 5.91 Å². The van der Waals surface area contributed by atoms with Crippen molar-refractivity contribution < 1.29 is 4.79 Å². The fraction of sp³-hybridized carbons (Fsp3) is 0.812. The Labute approximate surface area is 117 Å². The molecule has 3 atom stereocenters. The van der Waals surface area contributed by atoms with Crippen LogP contribution in [0.5, 0.6) is 0 Å². The van der Waals surface area contributed by atoms with Gasteiger partial charge < -0.3 is 11.1 Å². The Morgan fingerprint density at radius 1 is 1.37 bits per heavy atom. The summed E-state index contributed by atoms with van der Waals surface area (Å²) >= 11 is 0. The quantitative estimate of drug-likeness (QED) is 0.767. The molecule has 1 fully saturated rings. The molecule has 0 heterocycles. The standard InChI is InChI=1S/C16H28N2O/c1-11-8-12(2)10-13(9-11)15(16(17)19)18-14-6-4-3-5-7-14/h8,11,13-15,18H,3-7,9-10H2,1-2H3,(H2,17,19). The molecule has 0 saturated heterocycles. The van der Waals surface area contributed by atoms with E-state index in [0.29, 0.717) is 17.9 Å². The van der Waals surface area contributed by atoms with Gasteiger partial charge in [0.25, 0.3) is 0 Å². The van der Waals surface area contributed by atoms with Crippen LogP contribution in [0.25, 0.3) is 0 Å². The minimum absolute atomic E-state index is 0.144. The average molecular weight is 264 g/mol. The van der Waals surface area contributed by atoms with E-state index < -0.39 is 0 Å². The number of hydrogen-bond acceptors (Lipinski definition) is 2. The maximum absolute atomic E-state index is 11.8. The van der Waals surface area contributed by atoms with E-state index in [4.69, 9.17) is 5.73 Å². The number of carbonyl (C=O) groups excluding carboxylic acids is 1. The molecule has 108 valence electrons. The van der Waals surface area contributed by atoms with Crippen molar-refractivity contribution in [3.8, 4) is 0 Å². The first-order valence-corrected chi connectivity index (χ1v) is 7.79. The van der Waals surface area contributed by atoms with Crippen molar-refractivity contribution in [2.45, 2.75) is 70.9 Å². The van der Waals surface area contributed by atoms with Crippen LogP contribution >= 0.6 is 0 Å². The summed E-state index contributed by atoms with van der Waals surface area (Å²) in [5.41, 5.74) is 7.06. The summed E-state index contributed by atoms with van der Waals surface area (Å²) in [4.78, 5) is 11.8. The minimum atomic E-state index is -0.169. The summed E-state index contributed by atoms with van der Waals surface area (Å²) in [6, 6.07) is 0.349. The lowest BCUT2D eigenvalue weighted by atomic mass is 9.78. The van der Waals surface area contributed by atoms with Crippen molar-refractivity contribution in [3.05, 3.63) is 11.6 Å². The van der Waals surface area contributed by atoms with Gasteiger partial charge in [-0.25, -0.2) is 0 Å². The Morgan fingerprint density at radius 2 is 2.05 bits per heavy atom. The van der Waals surface area contributed by atoms with E-state index in [2.05, 4.69) is 25.2 Å². The lowest BCUT2D eigenvalue weighted by Crippen LogP contribution is -2.51. The molecule has 0 spiro atoms. The maximum Gasteiger partial charge on any atom is 0.234 e. The molecule has 3 unspecified atom stereocenters. The molecular formula is C16H28N2O. The predicted octanol–water partition coefficient (Wildman–Crippen LogP) is 2.76. The van der Waals surface area contributed by atoms with Gasteiger partial charge in [0.15, 0.2) is 0 Å². The fourth-order valence-electron chi connectivity index (χ4n) is 3.82. The van der Waals surface area contributed by atoms with Crippen molar-refractivity contribution in [2.24, 2.45) is 17.6 Å². The number of nitrogens with one attached hydrogen (secondary N) is 1. The second kappa shape index (κ2) is 6.56. The Balaban J connectivity index is 1.99. The first-order chi connectivity index (χ1) is 9.06. The van der Waals surface area contributed by atoms with Gasteiger partial charge >= 0.3 is 0 Å². The zero-order valence-corrected chi connectivity index (χ0v) is 12.3. The molecule has 3 nitrogen and oxygen atoms in total. The molecule has 0 bridgehead atoms. The van der Waals surface area contributed by atoms with Crippen LogP contribution in [0.15, 0.2) is 11.6 Å². The number of primary amides is 1. The van der Waals surface area contributed by atoms with E-state index in [1.165, 1.54) is 37.7 Å². The number of carbonyl (C=O) groups is 1. The van der Waals surface area contributed by atoms with E-state index in [-0.39, 0.29) is 11.9 Å². The molecule has 3 N–H and O–H groups in total. The first-order valence-electron chi connectivity index (χ1n) is 7.79. The third-order valence-electron chi connectivity index (χ3n) is 4.63. The molecule has 2 aliphatic carbocycles. The molecule has 1 saturated carbocycles. The Morgan fingerprint density at radius 3 is 2.63 bits per heavy atom. The largest absolute Gasteiger partial charge is 0.368 e. The van der Waals surface area contributed by atoms with Crippen LogP contribution in [0.1, 0.15) is 58.8 Å². The third kappa shape index (κ3) is 4.07. The molecule has 0 aromatic heterocycles. The predicted molar refractivity (Wildman–Crippen MR) is 78.6 cm³/mol. The van der Waals surface area contributed by atoms with Crippen LogP contribution in [0.3, 0.4) is 0 Å². The normalized spacial score (nSPS) is 30.7. The van der Waals surface area contributed by atoms with Crippen LogP contribution in [0.2, 0.25) is 0 Å². The summed E-state index contributed by atoms with van der Waals surface area (Å²) in [6.45, 7) is 4.40. The molecule has 0 aromatic carbocycles. The van der Waals surface area contributed by atoms with Crippen LogP contribution in [-0.2, 0) is 4.79 Å². The van der Waals surface area contributed by atoms with Crippen LogP contribution in [0.4, 0.5) is 0 Å². The molecule has 3 heteroatoms. The summed E-state index contributed by atoms with van der Waals surface area (Å²) in [5.74, 6) is 0.769. The number of rotatable bonds is 4. The Hall–Kier alpha value is -0.830. The van der Waals surface area contributed by atoms with E-state index in [9.17, 15) is 4.79 Å². The van der Waals surface area contributed by atoms with Crippen molar-refractivity contribution in [3.63, 3.8) is 0 Å². The van der Waals surface area contributed by atoms with Crippen molar-refractivity contribution in [1.29, 1.82) is 0 Å². The Bertz CT molecular complexity index is 345. The molecule has 0 aromatic rings. The zero-order chi connectivity index (χ0) is 13.8. The van der Waals surface area contributed by atoms with Crippen molar-refractivity contribution in [2.75, 3.05) is 0 Å². The van der Waals surface area contributed by atoms with Gasteiger partial charge in [0.05, 0.1) is 6.04 Å². The van der Waals surface area contributed by atoms with Crippen molar-refractivity contribution in [1.82, 2.24) is 5.32 Å². The van der Waals surface area contributed by atoms with E-state index >= 15 is 0 Å². The lowest BCUT2D eigenvalue weighted by Gasteiger charge is -2.34. The van der Waals surface area contributed by atoms with Gasteiger partial charge in [-0.2, -0.15) is 0 Å². The van der Waals surface area contributed by atoms with E-state index in [1.54, 1.807) is 0 Å². The van der Waals surface area contributed by atoms with Gasteiger partial charge in [0.2, 0.25) is 5.91 Å². The monoisotopic (exact) mass is 264 g/mol. The molecule has 0 radical (unpaired) electrons. The van der Waals surface area contributed by atoms with E-state index in [0.717, 1.165) is 12.8 Å². The van der Waals surface area contributed by atoms with Gasteiger partial charge in [0.1, 0.15) is 0 Å². The second-order valence-corrected chi connectivity index (χ2v) is 6.57. The summed E-state index contributed by atoms with van der Waals surface area (Å²) in [5, 5.41) is 3.56. The number of allylic oxidation sites excluding steroid dienone is 2. The SMILES string of the molecule is CC1=CC(C)CC(C(NC2CCCCC2)C(N)=O)C1.